The molecular weight excluding hydrogens is 282 g/mol. The van der Waals surface area contributed by atoms with Crippen LogP contribution < -0.4 is 5.32 Å². The van der Waals surface area contributed by atoms with Crippen LogP contribution in [0.25, 0.3) is 10.1 Å². The molecule has 0 atom stereocenters. The summed E-state index contributed by atoms with van der Waals surface area (Å²) >= 11 is 5.53. The molecule has 1 nitrogen and oxygen atoms in total. The van der Waals surface area contributed by atoms with Gasteiger partial charge in [-0.2, -0.15) is 0 Å². The van der Waals surface area contributed by atoms with Gasteiger partial charge >= 0.3 is 0 Å². The highest BCUT2D eigenvalue weighted by atomic mass is 79.9. The molecule has 0 fully saturated rings. The van der Waals surface area contributed by atoms with Crippen molar-refractivity contribution >= 4 is 37.4 Å². The molecule has 0 saturated carbocycles. The lowest BCUT2D eigenvalue weighted by molar-refractivity contribution is 0.795. The molecule has 2 rings (SSSR count). The second-order valence-corrected chi connectivity index (χ2v) is 6.20. The molecule has 0 aliphatic rings. The Hall–Kier alpha value is -0.380. The van der Waals surface area contributed by atoms with E-state index in [0.29, 0.717) is 5.92 Å². The number of benzene rings is 1. The van der Waals surface area contributed by atoms with E-state index in [1.165, 1.54) is 25.0 Å². The Morgan fingerprint density at radius 3 is 2.75 bits per heavy atom. The highest BCUT2D eigenvalue weighted by Crippen LogP contribution is 2.39. The molecule has 2 aromatic rings. The Morgan fingerprint density at radius 2 is 2.12 bits per heavy atom. The van der Waals surface area contributed by atoms with Gasteiger partial charge in [0, 0.05) is 20.6 Å². The van der Waals surface area contributed by atoms with Crippen molar-refractivity contribution < 1.29 is 0 Å². The minimum absolute atomic E-state index is 0.575. The Kier molecular flexibility index (Phi) is 3.67. The van der Waals surface area contributed by atoms with Crippen LogP contribution >= 0.6 is 27.3 Å². The quantitative estimate of drug-likeness (QED) is 0.879. The smallest absolute Gasteiger partial charge is 0.0491 e. The van der Waals surface area contributed by atoms with Gasteiger partial charge in [0.15, 0.2) is 0 Å². The van der Waals surface area contributed by atoms with Crippen molar-refractivity contribution in [3.8, 4) is 0 Å². The summed E-state index contributed by atoms with van der Waals surface area (Å²) in [7, 11) is 2.00. The molecule has 0 bridgehead atoms. The van der Waals surface area contributed by atoms with Crippen LogP contribution in [0.5, 0.6) is 0 Å². The van der Waals surface area contributed by atoms with Gasteiger partial charge in [-0.05, 0) is 45.9 Å². The fourth-order valence-corrected chi connectivity index (χ4v) is 4.06. The maximum Gasteiger partial charge on any atom is 0.0491 e. The van der Waals surface area contributed by atoms with Crippen LogP contribution in [0.4, 0.5) is 0 Å². The predicted octanol–water partition coefficient (Wildman–Crippen LogP) is 4.51. The fraction of sp³-hybridized carbons (Fsp3) is 0.385. The molecule has 0 radical (unpaired) electrons. The van der Waals surface area contributed by atoms with E-state index < -0.39 is 0 Å². The third-order valence-corrected chi connectivity index (χ3v) is 4.88. The van der Waals surface area contributed by atoms with E-state index in [9.17, 15) is 0 Å². The van der Waals surface area contributed by atoms with Gasteiger partial charge in [0.2, 0.25) is 0 Å². The van der Waals surface area contributed by atoms with Gasteiger partial charge in [0.05, 0.1) is 0 Å². The Bertz CT molecular complexity index is 502. The van der Waals surface area contributed by atoms with Crippen LogP contribution in [0.2, 0.25) is 0 Å². The number of nitrogens with one attached hydrogen (secondary N) is 1. The Balaban J connectivity index is 2.70. The predicted molar refractivity (Wildman–Crippen MR) is 76.4 cm³/mol. The molecule has 1 N–H and O–H groups in total. The molecule has 16 heavy (non-hydrogen) atoms. The number of rotatable bonds is 3. The Labute approximate surface area is 109 Å². The summed E-state index contributed by atoms with van der Waals surface area (Å²) in [5, 5.41) is 4.66. The first kappa shape index (κ1) is 12.1. The minimum Gasteiger partial charge on any atom is -0.315 e. The van der Waals surface area contributed by atoms with Gasteiger partial charge in [0.1, 0.15) is 0 Å². The maximum atomic E-state index is 3.63. The molecule has 0 spiro atoms. The lowest BCUT2D eigenvalue weighted by atomic mass is 9.99. The van der Waals surface area contributed by atoms with Crippen molar-refractivity contribution in [2.75, 3.05) is 7.05 Å². The van der Waals surface area contributed by atoms with E-state index in [4.69, 9.17) is 0 Å². The van der Waals surface area contributed by atoms with E-state index in [0.717, 1.165) is 6.54 Å². The Morgan fingerprint density at radius 1 is 1.38 bits per heavy atom. The van der Waals surface area contributed by atoms with Crippen LogP contribution in [0.1, 0.15) is 30.2 Å². The number of halogens is 1. The van der Waals surface area contributed by atoms with Crippen LogP contribution in [-0.4, -0.2) is 7.05 Å². The largest absolute Gasteiger partial charge is 0.315 e. The van der Waals surface area contributed by atoms with E-state index >= 15 is 0 Å². The molecule has 3 heteroatoms. The van der Waals surface area contributed by atoms with Crippen LogP contribution in [0, 0.1) is 0 Å². The molecule has 0 unspecified atom stereocenters. The lowest BCUT2D eigenvalue weighted by Crippen LogP contribution is -2.05. The molecular formula is C13H16BrNS. The summed E-state index contributed by atoms with van der Waals surface area (Å²) < 4.78 is 2.58. The highest BCUT2D eigenvalue weighted by molar-refractivity contribution is 9.10. The molecule has 1 aromatic carbocycles. The second-order valence-electron chi connectivity index (χ2n) is 4.24. The molecule has 0 amide bonds. The summed E-state index contributed by atoms with van der Waals surface area (Å²) in [6.07, 6.45) is 0. The first-order valence-corrected chi connectivity index (χ1v) is 7.10. The van der Waals surface area contributed by atoms with Gasteiger partial charge < -0.3 is 5.32 Å². The van der Waals surface area contributed by atoms with Gasteiger partial charge in [-0.1, -0.05) is 26.0 Å². The van der Waals surface area contributed by atoms with Crippen LogP contribution in [0.3, 0.4) is 0 Å². The van der Waals surface area contributed by atoms with Gasteiger partial charge in [-0.15, -0.1) is 11.3 Å². The summed E-state index contributed by atoms with van der Waals surface area (Å²) in [6, 6.07) is 6.46. The molecule has 1 heterocycles. The zero-order valence-electron chi connectivity index (χ0n) is 9.80. The van der Waals surface area contributed by atoms with Crippen molar-refractivity contribution in [2.24, 2.45) is 0 Å². The van der Waals surface area contributed by atoms with E-state index in [-0.39, 0.29) is 0 Å². The average Bonchev–Trinajstić information content (AvgIpc) is 2.58. The first-order valence-electron chi connectivity index (χ1n) is 5.49. The topological polar surface area (TPSA) is 12.0 Å². The summed E-state index contributed by atoms with van der Waals surface area (Å²) in [6.45, 7) is 5.49. The fourth-order valence-electron chi connectivity index (χ4n) is 2.08. The number of fused-ring (bicyclic) bond motifs is 1. The zero-order chi connectivity index (χ0) is 11.7. The summed E-state index contributed by atoms with van der Waals surface area (Å²) in [5.41, 5.74) is 1.50. The number of hydrogen-bond acceptors (Lipinski definition) is 2. The normalized spacial score (nSPS) is 11.6. The van der Waals surface area contributed by atoms with Crippen molar-refractivity contribution in [1.29, 1.82) is 0 Å². The maximum absolute atomic E-state index is 3.63. The molecule has 1 aromatic heterocycles. The first-order chi connectivity index (χ1) is 7.65. The summed E-state index contributed by atoms with van der Waals surface area (Å²) in [4.78, 5) is 1.46. The van der Waals surface area contributed by atoms with Crippen molar-refractivity contribution in [3.05, 3.63) is 33.1 Å². The highest BCUT2D eigenvalue weighted by Gasteiger charge is 2.15. The molecule has 86 valence electrons. The van der Waals surface area contributed by atoms with Crippen molar-refractivity contribution in [2.45, 2.75) is 26.3 Å². The van der Waals surface area contributed by atoms with Crippen LogP contribution in [-0.2, 0) is 6.54 Å². The number of hydrogen-bond donors (Lipinski definition) is 1. The van der Waals surface area contributed by atoms with Crippen molar-refractivity contribution in [1.82, 2.24) is 5.32 Å². The third-order valence-electron chi connectivity index (χ3n) is 2.70. The molecule has 0 aliphatic carbocycles. The van der Waals surface area contributed by atoms with E-state index in [1.54, 1.807) is 0 Å². The average molecular weight is 298 g/mol. The third kappa shape index (κ3) is 2.04. The molecule has 0 aliphatic heterocycles. The lowest BCUT2D eigenvalue weighted by Gasteiger charge is -2.07. The zero-order valence-corrected chi connectivity index (χ0v) is 12.2. The van der Waals surface area contributed by atoms with E-state index in [2.05, 4.69) is 53.3 Å². The summed E-state index contributed by atoms with van der Waals surface area (Å²) in [5.74, 6) is 0.575. The van der Waals surface area contributed by atoms with Crippen molar-refractivity contribution in [3.63, 3.8) is 0 Å². The molecule has 0 saturated heterocycles. The van der Waals surface area contributed by atoms with E-state index in [1.807, 2.05) is 18.4 Å². The number of thiophene rings is 1. The minimum atomic E-state index is 0.575. The van der Waals surface area contributed by atoms with Gasteiger partial charge in [-0.3, -0.25) is 0 Å². The second kappa shape index (κ2) is 4.86. The van der Waals surface area contributed by atoms with Gasteiger partial charge in [-0.25, -0.2) is 0 Å². The SMILES string of the molecule is CNCc1sc2c(Br)cccc2c1C(C)C. The standard InChI is InChI=1S/C13H16BrNS/c1-8(2)12-9-5-4-6-10(14)13(9)16-11(12)7-15-3/h4-6,8,15H,7H2,1-3H3. The van der Waals surface area contributed by atoms with Crippen LogP contribution in [0.15, 0.2) is 22.7 Å². The monoisotopic (exact) mass is 297 g/mol. The van der Waals surface area contributed by atoms with Gasteiger partial charge in [0.25, 0.3) is 0 Å².